The first-order valence-corrected chi connectivity index (χ1v) is 7.18. The Morgan fingerprint density at radius 2 is 2.11 bits per heavy atom. The Balaban J connectivity index is 2.67. The van der Waals surface area contributed by atoms with Gasteiger partial charge in [0, 0.05) is 17.0 Å². The average molecular weight is 287 g/mol. The molecule has 0 saturated carbocycles. The summed E-state index contributed by atoms with van der Waals surface area (Å²) >= 11 is 1.53. The molecule has 1 rings (SSSR count). The third kappa shape index (κ3) is 4.11. The Hall–Kier alpha value is -1.27. The highest BCUT2D eigenvalue weighted by atomic mass is 32.1. The maximum absolute atomic E-state index is 11.2. The summed E-state index contributed by atoms with van der Waals surface area (Å²) in [5, 5.41) is 12.0. The van der Waals surface area contributed by atoms with Crippen LogP contribution in [0.1, 0.15) is 29.2 Å². The van der Waals surface area contributed by atoms with Crippen molar-refractivity contribution in [3.8, 4) is 5.75 Å². The van der Waals surface area contributed by atoms with Gasteiger partial charge in [0.15, 0.2) is 0 Å². The fourth-order valence-corrected chi connectivity index (χ4v) is 3.14. The number of ether oxygens (including phenoxy) is 2. The van der Waals surface area contributed by atoms with Gasteiger partial charge >= 0.3 is 6.09 Å². The highest BCUT2D eigenvalue weighted by molar-refractivity contribution is 7.12. The molecule has 0 atom stereocenters. The first kappa shape index (κ1) is 15.8. The minimum Gasteiger partial charge on any atom is -0.495 e. The van der Waals surface area contributed by atoms with Crippen LogP contribution in [0.4, 0.5) is 4.79 Å². The van der Waals surface area contributed by atoms with Gasteiger partial charge in [0.2, 0.25) is 0 Å². The third-order valence-corrected chi connectivity index (χ3v) is 3.97. The van der Waals surface area contributed by atoms with E-state index in [0.29, 0.717) is 19.6 Å². The van der Waals surface area contributed by atoms with Crippen LogP contribution < -0.4 is 10.1 Å². The molecule has 0 bridgehead atoms. The Morgan fingerprint density at radius 3 is 2.63 bits per heavy atom. The minimum absolute atomic E-state index is 0.0217. The van der Waals surface area contributed by atoms with Crippen molar-refractivity contribution in [2.24, 2.45) is 0 Å². The number of hydrogen-bond donors (Lipinski definition) is 2. The number of hydrogen-bond acceptors (Lipinski definition) is 5. The highest BCUT2D eigenvalue weighted by Gasteiger charge is 2.16. The molecule has 1 heterocycles. The Bertz CT molecular complexity index is 417. The normalized spacial score (nSPS) is 10.3. The third-order valence-electron chi connectivity index (χ3n) is 2.71. The number of aliphatic hydroxyl groups excluding tert-OH is 1. The first-order valence-electron chi connectivity index (χ1n) is 6.36. The summed E-state index contributed by atoms with van der Waals surface area (Å²) in [5.41, 5.74) is 1.11. The van der Waals surface area contributed by atoms with Gasteiger partial charge in [-0.2, -0.15) is 0 Å². The topological polar surface area (TPSA) is 67.8 Å². The standard InChI is InChI=1S/C13H21NO4S/c1-4-9-10(6-7-14-13(16)18-5-2)19-11(8-15)12(9)17-3/h15H,4-8H2,1-3H3,(H,14,16). The molecule has 108 valence electrons. The quantitative estimate of drug-likeness (QED) is 0.806. The number of aliphatic hydroxyl groups is 1. The highest BCUT2D eigenvalue weighted by Crippen LogP contribution is 2.36. The zero-order valence-corrected chi connectivity index (χ0v) is 12.4. The van der Waals surface area contributed by atoms with Gasteiger partial charge in [-0.1, -0.05) is 6.92 Å². The molecule has 0 spiro atoms. The Labute approximate surface area is 117 Å². The van der Waals surface area contributed by atoms with E-state index >= 15 is 0 Å². The van der Waals surface area contributed by atoms with E-state index in [1.807, 2.05) is 6.92 Å². The molecule has 0 radical (unpaired) electrons. The molecule has 0 aliphatic rings. The summed E-state index contributed by atoms with van der Waals surface area (Å²) in [6.45, 7) is 4.68. The van der Waals surface area contributed by atoms with E-state index in [1.165, 1.54) is 11.3 Å². The predicted octanol–water partition coefficient (Wildman–Crippen LogP) is 2.10. The molecule has 19 heavy (non-hydrogen) atoms. The van der Waals surface area contributed by atoms with Crippen LogP contribution in [0.3, 0.4) is 0 Å². The second kappa shape index (κ2) is 8.01. The lowest BCUT2D eigenvalue weighted by atomic mass is 10.1. The summed E-state index contributed by atoms with van der Waals surface area (Å²) in [4.78, 5) is 13.2. The Kier molecular flexibility index (Phi) is 6.66. The number of amides is 1. The van der Waals surface area contributed by atoms with Crippen molar-refractivity contribution >= 4 is 17.4 Å². The SMILES string of the molecule is CCOC(=O)NCCc1sc(CO)c(OC)c1CC. The van der Waals surface area contributed by atoms with Crippen LogP contribution in [-0.4, -0.2) is 31.5 Å². The molecule has 1 aromatic rings. The summed E-state index contributed by atoms with van der Waals surface area (Å²) in [7, 11) is 1.61. The maximum atomic E-state index is 11.2. The van der Waals surface area contributed by atoms with Gasteiger partial charge in [0.25, 0.3) is 0 Å². The number of methoxy groups -OCH3 is 1. The van der Waals surface area contributed by atoms with Crippen LogP contribution in [0.5, 0.6) is 5.75 Å². The molecule has 1 amide bonds. The predicted molar refractivity (Wildman–Crippen MR) is 74.9 cm³/mol. The lowest BCUT2D eigenvalue weighted by Gasteiger charge is -2.06. The minimum atomic E-state index is -0.397. The number of carbonyl (C=O) groups excluding carboxylic acids is 1. The van der Waals surface area contributed by atoms with Crippen LogP contribution in [0, 0.1) is 0 Å². The van der Waals surface area contributed by atoms with Crippen LogP contribution in [0.25, 0.3) is 0 Å². The summed E-state index contributed by atoms with van der Waals surface area (Å²) < 4.78 is 10.1. The first-order chi connectivity index (χ1) is 9.17. The fraction of sp³-hybridized carbons (Fsp3) is 0.615. The van der Waals surface area contributed by atoms with Crippen molar-refractivity contribution in [2.75, 3.05) is 20.3 Å². The smallest absolute Gasteiger partial charge is 0.407 e. The monoisotopic (exact) mass is 287 g/mol. The van der Waals surface area contributed by atoms with E-state index < -0.39 is 6.09 Å². The molecule has 0 saturated heterocycles. The zero-order chi connectivity index (χ0) is 14.3. The summed E-state index contributed by atoms with van der Waals surface area (Å²) in [5.74, 6) is 0.779. The molecule has 0 aliphatic carbocycles. The van der Waals surface area contributed by atoms with Crippen molar-refractivity contribution in [2.45, 2.75) is 33.3 Å². The molecule has 2 N–H and O–H groups in total. The molecule has 5 nitrogen and oxygen atoms in total. The van der Waals surface area contributed by atoms with Gasteiger partial charge in [-0.25, -0.2) is 4.79 Å². The van der Waals surface area contributed by atoms with Crippen LogP contribution in [0.15, 0.2) is 0 Å². The van der Waals surface area contributed by atoms with Crippen molar-refractivity contribution in [1.82, 2.24) is 5.32 Å². The lowest BCUT2D eigenvalue weighted by Crippen LogP contribution is -2.26. The molecule has 0 aromatic carbocycles. The number of nitrogens with one attached hydrogen (secondary N) is 1. The molecule has 1 aromatic heterocycles. The average Bonchev–Trinajstić information content (AvgIpc) is 2.75. The number of alkyl carbamates (subject to hydrolysis) is 1. The second-order valence-electron chi connectivity index (χ2n) is 3.87. The van der Waals surface area contributed by atoms with Gasteiger partial charge in [-0.3, -0.25) is 0 Å². The maximum Gasteiger partial charge on any atom is 0.407 e. The van der Waals surface area contributed by atoms with Crippen molar-refractivity contribution in [1.29, 1.82) is 0 Å². The van der Waals surface area contributed by atoms with E-state index in [4.69, 9.17) is 9.47 Å². The van der Waals surface area contributed by atoms with Crippen LogP contribution >= 0.6 is 11.3 Å². The van der Waals surface area contributed by atoms with E-state index in [9.17, 15) is 9.90 Å². The molecule has 0 unspecified atom stereocenters. The van der Waals surface area contributed by atoms with Gasteiger partial charge < -0.3 is 19.9 Å². The van der Waals surface area contributed by atoms with E-state index in [2.05, 4.69) is 5.32 Å². The molecular weight excluding hydrogens is 266 g/mol. The number of thiophene rings is 1. The fourth-order valence-electron chi connectivity index (χ4n) is 1.91. The second-order valence-corrected chi connectivity index (χ2v) is 5.06. The molecule has 0 fully saturated rings. The summed E-state index contributed by atoms with van der Waals surface area (Å²) in [6.07, 6.45) is 1.16. The van der Waals surface area contributed by atoms with Gasteiger partial charge in [-0.05, 0) is 19.8 Å². The van der Waals surface area contributed by atoms with Crippen LogP contribution in [-0.2, 0) is 24.2 Å². The van der Waals surface area contributed by atoms with E-state index in [1.54, 1.807) is 14.0 Å². The zero-order valence-electron chi connectivity index (χ0n) is 11.6. The molecule has 0 aliphatic heterocycles. The largest absolute Gasteiger partial charge is 0.495 e. The number of rotatable bonds is 7. The van der Waals surface area contributed by atoms with Gasteiger partial charge in [0.1, 0.15) is 5.75 Å². The van der Waals surface area contributed by atoms with E-state index in [0.717, 1.165) is 27.5 Å². The van der Waals surface area contributed by atoms with E-state index in [-0.39, 0.29) is 6.61 Å². The summed E-state index contributed by atoms with van der Waals surface area (Å²) in [6, 6.07) is 0. The van der Waals surface area contributed by atoms with Crippen molar-refractivity contribution < 1.29 is 19.4 Å². The number of carbonyl (C=O) groups is 1. The van der Waals surface area contributed by atoms with Crippen molar-refractivity contribution in [3.63, 3.8) is 0 Å². The molecule has 6 heteroatoms. The van der Waals surface area contributed by atoms with Crippen LogP contribution in [0.2, 0.25) is 0 Å². The van der Waals surface area contributed by atoms with Gasteiger partial charge in [0.05, 0.1) is 25.2 Å². The Morgan fingerprint density at radius 1 is 1.37 bits per heavy atom. The van der Waals surface area contributed by atoms with Crippen molar-refractivity contribution in [3.05, 3.63) is 15.3 Å². The molecular formula is C13H21NO4S. The van der Waals surface area contributed by atoms with Gasteiger partial charge in [-0.15, -0.1) is 11.3 Å². The lowest BCUT2D eigenvalue weighted by molar-refractivity contribution is 0.152.